The Labute approximate surface area is 221 Å². The lowest BCUT2D eigenvalue weighted by Crippen LogP contribution is -2.58. The summed E-state index contributed by atoms with van der Waals surface area (Å²) in [6.45, 7) is 8.80. The molecule has 1 heterocycles. The lowest BCUT2D eigenvalue weighted by Gasteiger charge is -2.57. The number of piperazine rings is 1. The van der Waals surface area contributed by atoms with Crippen molar-refractivity contribution in [3.05, 3.63) is 65.0 Å². The van der Waals surface area contributed by atoms with Gasteiger partial charge in [0.25, 0.3) is 5.91 Å². The van der Waals surface area contributed by atoms with E-state index in [1.165, 1.54) is 61.8 Å². The zero-order valence-corrected chi connectivity index (χ0v) is 22.6. The number of carbonyl (C=O) groups is 1. The molecule has 1 amide bonds. The quantitative estimate of drug-likeness (QED) is 0.476. The van der Waals surface area contributed by atoms with E-state index >= 15 is 0 Å². The standard InChI is InChI=1S/C32H41FN2O2/c1-21-4-9-30(29(10-21)32-14-25-11-26(15-32)13-27(12-25)16-32)37-20-31(36)35-18-22(2)34(17-23(35)3)19-24-5-7-28(33)8-6-24/h4-10,22-23,25-27H,11-20H2,1-3H3/t22-,23+,25?,26?,27?,32?/m1/s1. The molecule has 37 heavy (non-hydrogen) atoms. The molecule has 2 aromatic rings. The summed E-state index contributed by atoms with van der Waals surface area (Å²) in [6.07, 6.45) is 8.13. The molecule has 7 rings (SSSR count). The number of benzene rings is 2. The van der Waals surface area contributed by atoms with Crippen LogP contribution in [0.4, 0.5) is 4.39 Å². The first-order valence-electron chi connectivity index (χ1n) is 14.3. The lowest BCUT2D eigenvalue weighted by molar-refractivity contribution is -0.139. The van der Waals surface area contributed by atoms with Crippen LogP contribution in [-0.2, 0) is 16.8 Å². The fraction of sp³-hybridized carbons (Fsp3) is 0.594. The van der Waals surface area contributed by atoms with Crippen LogP contribution in [0, 0.1) is 30.5 Å². The topological polar surface area (TPSA) is 32.8 Å². The van der Waals surface area contributed by atoms with E-state index in [0.717, 1.165) is 42.2 Å². The number of hydrogen-bond acceptors (Lipinski definition) is 3. The van der Waals surface area contributed by atoms with Crippen molar-refractivity contribution in [3.8, 4) is 5.75 Å². The molecular formula is C32H41FN2O2. The molecule has 4 bridgehead atoms. The van der Waals surface area contributed by atoms with E-state index in [9.17, 15) is 9.18 Å². The van der Waals surface area contributed by atoms with Crippen molar-refractivity contribution in [1.82, 2.24) is 9.80 Å². The number of hydrogen-bond donors (Lipinski definition) is 0. The van der Waals surface area contributed by atoms with Gasteiger partial charge in [-0.25, -0.2) is 4.39 Å². The third-order valence-electron chi connectivity index (χ3n) is 9.83. The van der Waals surface area contributed by atoms with Crippen LogP contribution in [0.3, 0.4) is 0 Å². The Balaban J connectivity index is 1.12. The van der Waals surface area contributed by atoms with Crippen molar-refractivity contribution in [3.63, 3.8) is 0 Å². The summed E-state index contributed by atoms with van der Waals surface area (Å²) in [4.78, 5) is 17.8. The van der Waals surface area contributed by atoms with Gasteiger partial charge in [0.2, 0.25) is 0 Å². The van der Waals surface area contributed by atoms with Crippen molar-refractivity contribution in [2.75, 3.05) is 19.7 Å². The molecule has 4 aliphatic carbocycles. The van der Waals surface area contributed by atoms with Gasteiger partial charge in [-0.1, -0.05) is 29.8 Å². The van der Waals surface area contributed by atoms with Crippen molar-refractivity contribution in [1.29, 1.82) is 0 Å². The van der Waals surface area contributed by atoms with Gasteiger partial charge in [-0.05, 0) is 106 Å². The molecular weight excluding hydrogens is 463 g/mol. The second-order valence-corrected chi connectivity index (χ2v) is 12.8. The Morgan fingerprint density at radius 2 is 1.59 bits per heavy atom. The fourth-order valence-corrected chi connectivity index (χ4v) is 8.44. The Morgan fingerprint density at radius 1 is 0.946 bits per heavy atom. The molecule has 0 unspecified atom stereocenters. The van der Waals surface area contributed by atoms with Crippen LogP contribution in [-0.4, -0.2) is 47.5 Å². The Hall–Kier alpha value is -2.40. The van der Waals surface area contributed by atoms with Crippen molar-refractivity contribution >= 4 is 5.91 Å². The Kier molecular flexibility index (Phi) is 6.55. The molecule has 0 aromatic heterocycles. The highest BCUT2D eigenvalue weighted by atomic mass is 19.1. The van der Waals surface area contributed by atoms with E-state index in [4.69, 9.17) is 4.74 Å². The van der Waals surface area contributed by atoms with Gasteiger partial charge in [-0.3, -0.25) is 9.69 Å². The number of nitrogens with zero attached hydrogens (tertiary/aromatic N) is 2. The molecule has 5 aliphatic rings. The van der Waals surface area contributed by atoms with Gasteiger partial charge in [0.1, 0.15) is 11.6 Å². The van der Waals surface area contributed by atoms with Gasteiger partial charge < -0.3 is 9.64 Å². The number of ether oxygens (including phenoxy) is 1. The van der Waals surface area contributed by atoms with Crippen LogP contribution in [0.2, 0.25) is 0 Å². The number of carbonyl (C=O) groups excluding carboxylic acids is 1. The lowest BCUT2D eigenvalue weighted by atomic mass is 9.48. The van der Waals surface area contributed by atoms with E-state index in [2.05, 4.69) is 43.9 Å². The first-order chi connectivity index (χ1) is 17.8. The molecule has 5 fully saturated rings. The maximum Gasteiger partial charge on any atom is 0.260 e. The molecule has 4 saturated carbocycles. The average Bonchev–Trinajstić information content (AvgIpc) is 2.85. The number of amides is 1. The summed E-state index contributed by atoms with van der Waals surface area (Å²) in [6, 6.07) is 13.7. The molecule has 0 N–H and O–H groups in total. The SMILES string of the molecule is Cc1ccc(OCC(=O)N2C[C@@H](C)N(Cc3ccc(F)cc3)C[C@@H]2C)c(C23CC4CC(CC(C4)C2)C3)c1. The second-order valence-electron chi connectivity index (χ2n) is 12.8. The zero-order valence-electron chi connectivity index (χ0n) is 22.6. The zero-order chi connectivity index (χ0) is 25.7. The van der Waals surface area contributed by atoms with Gasteiger partial charge in [0.05, 0.1) is 0 Å². The third kappa shape index (κ3) is 4.92. The Morgan fingerprint density at radius 3 is 2.24 bits per heavy atom. The minimum absolute atomic E-state index is 0.0674. The first-order valence-corrected chi connectivity index (χ1v) is 14.3. The van der Waals surface area contributed by atoms with Crippen LogP contribution < -0.4 is 4.74 Å². The average molecular weight is 505 g/mol. The van der Waals surface area contributed by atoms with Crippen LogP contribution >= 0.6 is 0 Å². The maximum absolute atomic E-state index is 13.4. The Bertz CT molecular complexity index is 1110. The van der Waals surface area contributed by atoms with Gasteiger partial charge in [-0.2, -0.15) is 0 Å². The van der Waals surface area contributed by atoms with Gasteiger partial charge >= 0.3 is 0 Å². The monoisotopic (exact) mass is 504 g/mol. The predicted molar refractivity (Wildman–Crippen MR) is 144 cm³/mol. The second kappa shape index (κ2) is 9.72. The summed E-state index contributed by atoms with van der Waals surface area (Å²) in [5.74, 6) is 3.40. The summed E-state index contributed by atoms with van der Waals surface area (Å²) in [5, 5.41) is 0. The van der Waals surface area contributed by atoms with E-state index in [-0.39, 0.29) is 35.8 Å². The van der Waals surface area contributed by atoms with E-state index in [1.54, 1.807) is 0 Å². The summed E-state index contributed by atoms with van der Waals surface area (Å²) in [5.41, 5.74) is 3.99. The first kappa shape index (κ1) is 24.9. The normalized spacial score (nSPS) is 33.1. The van der Waals surface area contributed by atoms with Crippen LogP contribution in [0.5, 0.6) is 5.75 Å². The molecule has 4 nitrogen and oxygen atoms in total. The van der Waals surface area contributed by atoms with Crippen LogP contribution in [0.15, 0.2) is 42.5 Å². The minimum atomic E-state index is -0.208. The molecule has 0 spiro atoms. The highest BCUT2D eigenvalue weighted by Crippen LogP contribution is 2.62. The fourth-order valence-electron chi connectivity index (χ4n) is 8.44. The van der Waals surface area contributed by atoms with E-state index in [1.807, 2.05) is 17.0 Å². The van der Waals surface area contributed by atoms with Gasteiger partial charge in [-0.15, -0.1) is 0 Å². The van der Waals surface area contributed by atoms with Crippen molar-refractivity contribution < 1.29 is 13.9 Å². The summed E-state index contributed by atoms with van der Waals surface area (Å²) >= 11 is 0. The van der Waals surface area contributed by atoms with Crippen molar-refractivity contribution in [2.45, 2.75) is 83.3 Å². The molecule has 5 heteroatoms. The number of halogens is 1. The molecule has 2 aromatic carbocycles. The minimum Gasteiger partial charge on any atom is -0.483 e. The number of rotatable bonds is 6. The largest absolute Gasteiger partial charge is 0.483 e. The summed E-state index contributed by atoms with van der Waals surface area (Å²) in [7, 11) is 0. The van der Waals surface area contributed by atoms with Crippen LogP contribution in [0.1, 0.15) is 69.1 Å². The smallest absolute Gasteiger partial charge is 0.260 e. The summed E-state index contributed by atoms with van der Waals surface area (Å²) < 4.78 is 19.7. The van der Waals surface area contributed by atoms with E-state index in [0.29, 0.717) is 6.54 Å². The van der Waals surface area contributed by atoms with Gasteiger partial charge in [0, 0.05) is 37.3 Å². The molecule has 198 valence electrons. The number of aryl methyl sites for hydroxylation is 1. The molecule has 1 saturated heterocycles. The maximum atomic E-state index is 13.4. The highest BCUT2D eigenvalue weighted by molar-refractivity contribution is 5.78. The van der Waals surface area contributed by atoms with Gasteiger partial charge in [0.15, 0.2) is 6.61 Å². The molecule has 1 aliphatic heterocycles. The molecule has 2 atom stereocenters. The van der Waals surface area contributed by atoms with E-state index < -0.39 is 0 Å². The predicted octanol–water partition coefficient (Wildman–Crippen LogP) is 6.10. The highest BCUT2D eigenvalue weighted by Gasteiger charge is 2.52. The van der Waals surface area contributed by atoms with Crippen LogP contribution in [0.25, 0.3) is 0 Å². The third-order valence-corrected chi connectivity index (χ3v) is 9.83. The van der Waals surface area contributed by atoms with Crippen molar-refractivity contribution in [2.24, 2.45) is 17.8 Å². The molecule has 0 radical (unpaired) electrons.